The summed E-state index contributed by atoms with van der Waals surface area (Å²) in [5.41, 5.74) is 1.28. The number of hydrogen-bond donors (Lipinski definition) is 3. The van der Waals surface area contributed by atoms with E-state index in [-0.39, 0.29) is 12.3 Å². The number of benzene rings is 2. The van der Waals surface area contributed by atoms with Crippen molar-refractivity contribution in [3.63, 3.8) is 0 Å². The molecule has 3 N–H and O–H groups in total. The van der Waals surface area contributed by atoms with Crippen LogP contribution in [0.3, 0.4) is 0 Å². The monoisotopic (exact) mass is 261 g/mol. The summed E-state index contributed by atoms with van der Waals surface area (Å²) in [5, 5.41) is 22.1. The maximum atomic E-state index is 13.4. The topological polar surface area (TPSA) is 52.5 Å². The van der Waals surface area contributed by atoms with Crippen LogP contribution in [0, 0.1) is 5.82 Å². The second-order valence-corrected chi connectivity index (χ2v) is 4.33. The van der Waals surface area contributed by atoms with E-state index in [4.69, 9.17) is 5.11 Å². The lowest BCUT2D eigenvalue weighted by molar-refractivity contribution is 0.169. The zero-order valence-corrected chi connectivity index (χ0v) is 10.4. The van der Waals surface area contributed by atoms with Gasteiger partial charge in [-0.25, -0.2) is 4.39 Å². The molecule has 0 radical (unpaired) electrons. The van der Waals surface area contributed by atoms with Gasteiger partial charge in [0.15, 0.2) is 0 Å². The summed E-state index contributed by atoms with van der Waals surface area (Å²) in [6.45, 7) is 0.813. The third-order valence-corrected chi connectivity index (χ3v) is 2.87. The molecule has 0 aromatic heterocycles. The Balaban J connectivity index is 1.86. The first-order valence-corrected chi connectivity index (χ1v) is 6.08. The van der Waals surface area contributed by atoms with Crippen molar-refractivity contribution in [1.29, 1.82) is 0 Å². The smallest absolute Gasteiger partial charge is 0.129 e. The highest BCUT2D eigenvalue weighted by atomic mass is 19.1. The fraction of sp³-hybridized carbons (Fsp3) is 0.200. The number of phenols is 1. The molecule has 0 bridgehead atoms. The maximum absolute atomic E-state index is 13.4. The van der Waals surface area contributed by atoms with Crippen LogP contribution in [0.25, 0.3) is 0 Å². The molecule has 1 unspecified atom stereocenters. The summed E-state index contributed by atoms with van der Waals surface area (Å²) in [4.78, 5) is 0. The minimum atomic E-state index is -0.877. The Morgan fingerprint density at radius 2 is 1.74 bits per heavy atom. The van der Waals surface area contributed by atoms with Gasteiger partial charge in [-0.15, -0.1) is 0 Å². The molecule has 100 valence electrons. The number of aliphatic hydroxyl groups is 1. The van der Waals surface area contributed by atoms with Crippen LogP contribution < -0.4 is 5.32 Å². The molecule has 0 fully saturated rings. The van der Waals surface area contributed by atoms with Gasteiger partial charge in [0.05, 0.1) is 6.10 Å². The summed E-state index contributed by atoms with van der Waals surface area (Å²) < 4.78 is 13.4. The Morgan fingerprint density at radius 1 is 1.05 bits per heavy atom. The molecule has 0 aliphatic rings. The van der Waals surface area contributed by atoms with Crippen molar-refractivity contribution in [2.24, 2.45) is 0 Å². The highest BCUT2D eigenvalue weighted by Crippen LogP contribution is 2.16. The van der Waals surface area contributed by atoms with Crippen LogP contribution >= 0.6 is 0 Å². The standard InChI is InChI=1S/C15H16FNO2/c16-14-4-2-1-3-13(14)15(19)10-17-9-11-5-7-12(18)8-6-11/h1-8,15,17-19H,9-10H2. The fourth-order valence-electron chi connectivity index (χ4n) is 1.82. The molecule has 0 saturated carbocycles. The second kappa shape index (κ2) is 6.31. The van der Waals surface area contributed by atoms with Crippen molar-refractivity contribution in [2.45, 2.75) is 12.6 Å². The zero-order chi connectivity index (χ0) is 13.7. The van der Waals surface area contributed by atoms with Crippen LogP contribution in [0.2, 0.25) is 0 Å². The molecule has 2 aromatic rings. The highest BCUT2D eigenvalue weighted by molar-refractivity contribution is 5.26. The predicted octanol–water partition coefficient (Wildman–Crippen LogP) is 2.35. The lowest BCUT2D eigenvalue weighted by Crippen LogP contribution is -2.21. The number of phenolic OH excluding ortho intramolecular Hbond substituents is 1. The quantitative estimate of drug-likeness (QED) is 0.774. The largest absolute Gasteiger partial charge is 0.508 e. The number of halogens is 1. The number of nitrogens with one attached hydrogen (secondary N) is 1. The van der Waals surface area contributed by atoms with Crippen molar-refractivity contribution < 1.29 is 14.6 Å². The normalized spacial score (nSPS) is 12.3. The fourth-order valence-corrected chi connectivity index (χ4v) is 1.82. The van der Waals surface area contributed by atoms with E-state index >= 15 is 0 Å². The average molecular weight is 261 g/mol. The number of hydrogen-bond acceptors (Lipinski definition) is 3. The van der Waals surface area contributed by atoms with Gasteiger partial charge in [-0.2, -0.15) is 0 Å². The van der Waals surface area contributed by atoms with Gasteiger partial charge >= 0.3 is 0 Å². The van der Waals surface area contributed by atoms with Crippen LogP contribution in [0.1, 0.15) is 17.2 Å². The minimum absolute atomic E-state index is 0.218. The predicted molar refractivity (Wildman–Crippen MR) is 71.2 cm³/mol. The number of aliphatic hydroxyl groups excluding tert-OH is 1. The van der Waals surface area contributed by atoms with Crippen LogP contribution in [-0.4, -0.2) is 16.8 Å². The molecular weight excluding hydrogens is 245 g/mol. The van der Waals surface area contributed by atoms with Gasteiger partial charge < -0.3 is 15.5 Å². The Bertz CT molecular complexity index is 528. The summed E-state index contributed by atoms with van der Waals surface area (Å²) in [6.07, 6.45) is -0.877. The molecule has 1 atom stereocenters. The first-order chi connectivity index (χ1) is 9.16. The van der Waals surface area contributed by atoms with Gasteiger partial charge in [0.25, 0.3) is 0 Å². The van der Waals surface area contributed by atoms with Gasteiger partial charge in [-0.1, -0.05) is 30.3 Å². The first-order valence-electron chi connectivity index (χ1n) is 6.08. The molecule has 0 saturated heterocycles. The van der Waals surface area contributed by atoms with Crippen molar-refractivity contribution in [3.8, 4) is 5.75 Å². The summed E-state index contributed by atoms with van der Waals surface area (Å²) in [7, 11) is 0. The Morgan fingerprint density at radius 3 is 2.42 bits per heavy atom. The lowest BCUT2D eigenvalue weighted by atomic mass is 10.1. The lowest BCUT2D eigenvalue weighted by Gasteiger charge is -2.13. The van der Waals surface area contributed by atoms with Gasteiger partial charge in [-0.05, 0) is 23.8 Å². The Labute approximate surface area is 111 Å². The Kier molecular flexibility index (Phi) is 4.49. The molecule has 0 spiro atoms. The SMILES string of the molecule is Oc1ccc(CNCC(O)c2ccccc2F)cc1. The Hall–Kier alpha value is -1.91. The van der Waals surface area contributed by atoms with E-state index in [9.17, 15) is 9.50 Å². The number of rotatable bonds is 5. The average Bonchev–Trinajstić information content (AvgIpc) is 2.41. The third kappa shape index (κ3) is 3.77. The van der Waals surface area contributed by atoms with Gasteiger partial charge in [-0.3, -0.25) is 0 Å². The van der Waals surface area contributed by atoms with E-state index in [1.54, 1.807) is 42.5 Å². The molecule has 4 heteroatoms. The van der Waals surface area contributed by atoms with Crippen molar-refractivity contribution >= 4 is 0 Å². The van der Waals surface area contributed by atoms with E-state index in [0.717, 1.165) is 5.56 Å². The van der Waals surface area contributed by atoms with E-state index in [1.807, 2.05) is 0 Å². The molecule has 0 amide bonds. The van der Waals surface area contributed by atoms with E-state index in [2.05, 4.69) is 5.32 Å². The van der Waals surface area contributed by atoms with E-state index < -0.39 is 11.9 Å². The van der Waals surface area contributed by atoms with Gasteiger partial charge in [0.1, 0.15) is 11.6 Å². The molecule has 0 aliphatic heterocycles. The second-order valence-electron chi connectivity index (χ2n) is 4.33. The molecule has 0 aliphatic carbocycles. The van der Waals surface area contributed by atoms with Crippen LogP contribution in [0.5, 0.6) is 5.75 Å². The molecule has 2 aromatic carbocycles. The molecule has 3 nitrogen and oxygen atoms in total. The van der Waals surface area contributed by atoms with Crippen molar-refractivity contribution in [2.75, 3.05) is 6.54 Å². The van der Waals surface area contributed by atoms with Crippen LogP contribution in [-0.2, 0) is 6.54 Å². The van der Waals surface area contributed by atoms with Crippen molar-refractivity contribution in [1.82, 2.24) is 5.32 Å². The van der Waals surface area contributed by atoms with Crippen LogP contribution in [0.4, 0.5) is 4.39 Å². The summed E-state index contributed by atoms with van der Waals surface area (Å²) in [6, 6.07) is 13.0. The van der Waals surface area contributed by atoms with Crippen molar-refractivity contribution in [3.05, 3.63) is 65.5 Å². The third-order valence-electron chi connectivity index (χ3n) is 2.87. The molecule has 2 rings (SSSR count). The minimum Gasteiger partial charge on any atom is -0.508 e. The maximum Gasteiger partial charge on any atom is 0.129 e. The van der Waals surface area contributed by atoms with Gasteiger partial charge in [0.2, 0.25) is 0 Å². The first kappa shape index (κ1) is 13.5. The summed E-state index contributed by atoms with van der Waals surface area (Å²) >= 11 is 0. The zero-order valence-electron chi connectivity index (χ0n) is 10.4. The summed E-state index contributed by atoms with van der Waals surface area (Å²) in [5.74, 6) is -0.184. The molecule has 0 heterocycles. The molecular formula is C15H16FNO2. The van der Waals surface area contributed by atoms with E-state index in [0.29, 0.717) is 12.1 Å². The van der Waals surface area contributed by atoms with E-state index in [1.165, 1.54) is 6.07 Å². The van der Waals surface area contributed by atoms with Gasteiger partial charge in [0, 0.05) is 18.7 Å². The molecule has 19 heavy (non-hydrogen) atoms. The van der Waals surface area contributed by atoms with Crippen LogP contribution in [0.15, 0.2) is 48.5 Å². The number of aromatic hydroxyl groups is 1. The highest BCUT2D eigenvalue weighted by Gasteiger charge is 2.11.